The van der Waals surface area contributed by atoms with Gasteiger partial charge in [-0.1, -0.05) is 18.6 Å². The molecule has 1 saturated heterocycles. The fourth-order valence-corrected chi connectivity index (χ4v) is 3.60. The van der Waals surface area contributed by atoms with E-state index in [2.05, 4.69) is 15.6 Å². The van der Waals surface area contributed by atoms with Crippen LogP contribution in [0, 0.1) is 0 Å². The summed E-state index contributed by atoms with van der Waals surface area (Å²) in [6.07, 6.45) is 3.98. The predicted octanol–water partition coefficient (Wildman–Crippen LogP) is 3.75. The highest BCUT2D eigenvalue weighted by Gasteiger charge is 2.13. The quantitative estimate of drug-likeness (QED) is 0.934. The average Bonchev–Trinajstić information content (AvgIpc) is 2.97. The average molecular weight is 315 g/mol. The zero-order chi connectivity index (χ0) is 15.4. The molecule has 3 rings (SSSR count). The van der Waals surface area contributed by atoms with Crippen molar-refractivity contribution in [2.75, 3.05) is 18.4 Å². The summed E-state index contributed by atoms with van der Waals surface area (Å²) < 4.78 is 0. The van der Waals surface area contributed by atoms with Gasteiger partial charge in [-0.25, -0.2) is 4.98 Å². The fraction of sp³-hybridized carbons (Fsp3) is 0.412. The number of carbonyl (C=O) groups is 1. The van der Waals surface area contributed by atoms with Gasteiger partial charge in [0.05, 0.1) is 12.2 Å². The maximum atomic E-state index is 11.0. The van der Waals surface area contributed by atoms with Crippen LogP contribution >= 0.6 is 11.3 Å². The number of likely N-dealkylation sites (tertiary alicyclic amines) is 1. The number of nitrogens with zero attached hydrogens (tertiary/aromatic N) is 2. The lowest BCUT2D eigenvalue weighted by atomic mass is 10.1. The monoisotopic (exact) mass is 315 g/mol. The lowest BCUT2D eigenvalue weighted by Gasteiger charge is -2.25. The van der Waals surface area contributed by atoms with Crippen molar-refractivity contribution in [2.45, 2.75) is 32.7 Å². The Hall–Kier alpha value is -1.72. The standard InChI is InChI=1S/C17H21N3OS/c1-13(21)18-15-7-5-14(6-8-15)16-12-22-17(19-16)11-20-9-3-2-4-10-20/h5-8,12H,2-4,9-11H2,1H3,(H,18,21). The molecule has 1 aliphatic rings. The Morgan fingerprint density at radius 3 is 2.64 bits per heavy atom. The number of hydrogen-bond acceptors (Lipinski definition) is 4. The largest absolute Gasteiger partial charge is 0.326 e. The minimum Gasteiger partial charge on any atom is -0.326 e. The van der Waals surface area contributed by atoms with Crippen LogP contribution in [-0.2, 0) is 11.3 Å². The van der Waals surface area contributed by atoms with Crippen LogP contribution in [0.2, 0.25) is 0 Å². The van der Waals surface area contributed by atoms with Crippen molar-refractivity contribution in [3.05, 3.63) is 34.7 Å². The smallest absolute Gasteiger partial charge is 0.221 e. The molecule has 1 aromatic carbocycles. The van der Waals surface area contributed by atoms with E-state index in [9.17, 15) is 4.79 Å². The second-order valence-corrected chi connectivity index (χ2v) is 6.66. The summed E-state index contributed by atoms with van der Waals surface area (Å²) in [5.41, 5.74) is 2.93. The number of hydrogen-bond donors (Lipinski definition) is 1. The molecule has 0 bridgehead atoms. The third kappa shape index (κ3) is 3.93. The molecule has 2 aromatic rings. The first-order valence-electron chi connectivity index (χ1n) is 7.75. The number of piperidine rings is 1. The predicted molar refractivity (Wildman–Crippen MR) is 91.0 cm³/mol. The molecular weight excluding hydrogens is 294 g/mol. The van der Waals surface area contributed by atoms with E-state index < -0.39 is 0 Å². The molecule has 0 unspecified atom stereocenters. The van der Waals surface area contributed by atoms with Crippen LogP contribution in [0.5, 0.6) is 0 Å². The van der Waals surface area contributed by atoms with Crippen LogP contribution in [0.15, 0.2) is 29.6 Å². The normalized spacial score (nSPS) is 15.7. The van der Waals surface area contributed by atoms with Crippen molar-refractivity contribution in [1.29, 1.82) is 0 Å². The summed E-state index contributed by atoms with van der Waals surface area (Å²) in [7, 11) is 0. The highest BCUT2D eigenvalue weighted by molar-refractivity contribution is 7.09. The summed E-state index contributed by atoms with van der Waals surface area (Å²) in [6, 6.07) is 7.84. The number of nitrogens with one attached hydrogen (secondary N) is 1. The Balaban J connectivity index is 1.66. The van der Waals surface area contributed by atoms with Crippen LogP contribution in [0.4, 0.5) is 5.69 Å². The molecule has 22 heavy (non-hydrogen) atoms. The minimum atomic E-state index is -0.0507. The lowest BCUT2D eigenvalue weighted by Crippen LogP contribution is -2.28. The molecule has 0 spiro atoms. The molecule has 2 heterocycles. The van der Waals surface area contributed by atoms with Crippen LogP contribution < -0.4 is 5.32 Å². The van der Waals surface area contributed by atoms with Crippen molar-refractivity contribution < 1.29 is 4.79 Å². The number of benzene rings is 1. The van der Waals surface area contributed by atoms with Crippen molar-refractivity contribution >= 4 is 22.9 Å². The van der Waals surface area contributed by atoms with Gasteiger partial charge in [-0.05, 0) is 38.1 Å². The first kappa shape index (κ1) is 15.2. The zero-order valence-electron chi connectivity index (χ0n) is 12.8. The summed E-state index contributed by atoms with van der Waals surface area (Å²) in [4.78, 5) is 18.3. The SMILES string of the molecule is CC(=O)Nc1ccc(-c2csc(CN3CCCCC3)n2)cc1. The topological polar surface area (TPSA) is 45.2 Å². The van der Waals surface area contributed by atoms with Crippen molar-refractivity contribution in [1.82, 2.24) is 9.88 Å². The molecule has 1 aliphatic heterocycles. The van der Waals surface area contributed by atoms with Crippen LogP contribution in [0.25, 0.3) is 11.3 Å². The molecule has 0 aliphatic carbocycles. The second kappa shape index (κ2) is 7.03. The van der Waals surface area contributed by atoms with E-state index in [1.54, 1.807) is 11.3 Å². The van der Waals surface area contributed by atoms with Gasteiger partial charge >= 0.3 is 0 Å². The van der Waals surface area contributed by atoms with Gasteiger partial charge in [0.25, 0.3) is 0 Å². The molecule has 0 radical (unpaired) electrons. The van der Waals surface area contributed by atoms with Crippen molar-refractivity contribution in [3.8, 4) is 11.3 Å². The Morgan fingerprint density at radius 1 is 1.23 bits per heavy atom. The third-order valence-electron chi connectivity index (χ3n) is 3.86. The maximum Gasteiger partial charge on any atom is 0.221 e. The molecule has 1 fully saturated rings. The highest BCUT2D eigenvalue weighted by atomic mass is 32.1. The summed E-state index contributed by atoms with van der Waals surface area (Å²) in [5.74, 6) is -0.0507. The molecular formula is C17H21N3OS. The van der Waals surface area contributed by atoms with E-state index in [-0.39, 0.29) is 5.91 Å². The van der Waals surface area contributed by atoms with Gasteiger partial charge in [-0.2, -0.15) is 0 Å². The van der Waals surface area contributed by atoms with E-state index in [4.69, 9.17) is 4.98 Å². The maximum absolute atomic E-state index is 11.0. The van der Waals surface area contributed by atoms with Crippen molar-refractivity contribution in [2.24, 2.45) is 0 Å². The number of rotatable bonds is 4. The summed E-state index contributed by atoms with van der Waals surface area (Å²) in [5, 5.41) is 6.08. The van der Waals surface area contributed by atoms with E-state index >= 15 is 0 Å². The van der Waals surface area contributed by atoms with Crippen LogP contribution in [0.3, 0.4) is 0 Å². The zero-order valence-corrected chi connectivity index (χ0v) is 13.7. The van der Waals surface area contributed by atoms with Crippen molar-refractivity contribution in [3.63, 3.8) is 0 Å². The number of anilines is 1. The molecule has 1 aromatic heterocycles. The van der Waals surface area contributed by atoms with Crippen LogP contribution in [0.1, 0.15) is 31.2 Å². The Bertz CT molecular complexity index is 630. The van der Waals surface area contributed by atoms with Gasteiger partial charge in [0.15, 0.2) is 0 Å². The Kier molecular flexibility index (Phi) is 4.85. The molecule has 0 atom stereocenters. The number of carbonyl (C=O) groups excluding carboxylic acids is 1. The molecule has 1 amide bonds. The van der Waals surface area contributed by atoms with Gasteiger partial charge in [0.2, 0.25) is 5.91 Å². The van der Waals surface area contributed by atoms with Gasteiger partial charge < -0.3 is 5.32 Å². The molecule has 1 N–H and O–H groups in total. The van der Waals surface area contributed by atoms with Crippen LogP contribution in [-0.4, -0.2) is 28.9 Å². The van der Waals surface area contributed by atoms with E-state index in [0.29, 0.717) is 0 Å². The molecule has 116 valence electrons. The van der Waals surface area contributed by atoms with Gasteiger partial charge in [-0.15, -0.1) is 11.3 Å². The number of thiazole rings is 1. The molecule has 0 saturated carbocycles. The summed E-state index contributed by atoms with van der Waals surface area (Å²) in [6.45, 7) is 4.87. The van der Waals surface area contributed by atoms with Gasteiger partial charge in [0, 0.05) is 23.6 Å². The summed E-state index contributed by atoms with van der Waals surface area (Å²) >= 11 is 1.73. The van der Waals surface area contributed by atoms with E-state index in [1.165, 1.54) is 44.3 Å². The molecule has 5 heteroatoms. The lowest BCUT2D eigenvalue weighted by molar-refractivity contribution is -0.114. The molecule has 4 nitrogen and oxygen atoms in total. The Morgan fingerprint density at radius 2 is 1.95 bits per heavy atom. The second-order valence-electron chi connectivity index (χ2n) is 5.72. The first-order chi connectivity index (χ1) is 10.7. The first-order valence-corrected chi connectivity index (χ1v) is 8.63. The number of amides is 1. The minimum absolute atomic E-state index is 0.0507. The highest BCUT2D eigenvalue weighted by Crippen LogP contribution is 2.24. The fourth-order valence-electron chi connectivity index (χ4n) is 2.75. The van der Waals surface area contributed by atoms with Gasteiger partial charge in [-0.3, -0.25) is 9.69 Å². The van der Waals surface area contributed by atoms with E-state index in [0.717, 1.165) is 23.5 Å². The Labute approximate surface area is 135 Å². The van der Waals surface area contributed by atoms with E-state index in [1.807, 2.05) is 24.3 Å². The third-order valence-corrected chi connectivity index (χ3v) is 4.69. The number of aromatic nitrogens is 1. The van der Waals surface area contributed by atoms with Gasteiger partial charge in [0.1, 0.15) is 5.01 Å².